The smallest absolute Gasteiger partial charge is 0.0474 e. The summed E-state index contributed by atoms with van der Waals surface area (Å²) in [4.78, 5) is 0. The molecule has 1 aromatic rings. The molecule has 1 rings (SSSR count). The number of nitrogens with two attached hydrogens (primary N) is 1. The summed E-state index contributed by atoms with van der Waals surface area (Å²) in [5, 5.41) is 0. The summed E-state index contributed by atoms with van der Waals surface area (Å²) >= 11 is 5.54. The minimum Gasteiger partial charge on any atom is -0.399 e. The van der Waals surface area contributed by atoms with E-state index in [1.807, 2.05) is 24.3 Å². The summed E-state index contributed by atoms with van der Waals surface area (Å²) in [7, 11) is 0. The van der Waals surface area contributed by atoms with Gasteiger partial charge in [-0.25, -0.2) is 0 Å². The second kappa shape index (κ2) is 4.42. The summed E-state index contributed by atoms with van der Waals surface area (Å²) in [5.74, 6) is 0.533. The van der Waals surface area contributed by atoms with Crippen LogP contribution < -0.4 is 5.73 Å². The highest BCUT2D eigenvalue weighted by Gasteiger charge is 1.87. The van der Waals surface area contributed by atoms with E-state index in [0.29, 0.717) is 5.88 Å². The highest BCUT2D eigenvalue weighted by molar-refractivity contribution is 6.17. The average Bonchev–Trinajstić information content (AvgIpc) is 1.88. The molecule has 0 unspecified atom stereocenters. The van der Waals surface area contributed by atoms with Gasteiger partial charge >= 0.3 is 0 Å². The largest absolute Gasteiger partial charge is 0.399 e. The first-order valence-electron chi connectivity index (χ1n) is 2.73. The van der Waals surface area contributed by atoms with Crippen LogP contribution in [0.3, 0.4) is 0 Å². The van der Waals surface area contributed by atoms with Gasteiger partial charge in [-0.05, 0) is 17.7 Å². The summed E-state index contributed by atoms with van der Waals surface area (Å²) in [6, 6.07) is 7.56. The van der Waals surface area contributed by atoms with Crippen LogP contribution >= 0.6 is 24.0 Å². The molecule has 2 N–H and O–H groups in total. The zero-order valence-corrected chi connectivity index (χ0v) is 6.95. The van der Waals surface area contributed by atoms with Crippen molar-refractivity contribution in [1.82, 2.24) is 0 Å². The molecular formula is C7H9Cl2N. The molecule has 0 saturated heterocycles. The van der Waals surface area contributed by atoms with Gasteiger partial charge in [0.1, 0.15) is 0 Å². The normalized spacial score (nSPS) is 8.50. The zero-order chi connectivity index (χ0) is 6.69. The van der Waals surface area contributed by atoms with Gasteiger partial charge in [0.25, 0.3) is 0 Å². The summed E-state index contributed by atoms with van der Waals surface area (Å²) in [5.41, 5.74) is 7.31. The van der Waals surface area contributed by atoms with E-state index in [1.54, 1.807) is 0 Å². The molecule has 0 spiro atoms. The van der Waals surface area contributed by atoms with E-state index in [1.165, 1.54) is 0 Å². The number of alkyl halides is 1. The van der Waals surface area contributed by atoms with Crippen molar-refractivity contribution < 1.29 is 0 Å². The van der Waals surface area contributed by atoms with Gasteiger partial charge < -0.3 is 5.73 Å². The Bertz CT molecular complexity index is 201. The third kappa shape index (κ3) is 2.46. The maximum Gasteiger partial charge on any atom is 0.0474 e. The van der Waals surface area contributed by atoms with Crippen molar-refractivity contribution in [2.45, 2.75) is 5.88 Å². The van der Waals surface area contributed by atoms with E-state index in [4.69, 9.17) is 17.3 Å². The van der Waals surface area contributed by atoms with Crippen LogP contribution in [0.15, 0.2) is 24.3 Å². The maximum atomic E-state index is 5.54. The summed E-state index contributed by atoms with van der Waals surface area (Å²) < 4.78 is 0. The predicted octanol–water partition coefficient (Wildman–Crippen LogP) is 2.43. The van der Waals surface area contributed by atoms with Gasteiger partial charge in [-0.3, -0.25) is 0 Å². The molecule has 1 nitrogen and oxygen atoms in total. The fourth-order valence-electron chi connectivity index (χ4n) is 0.676. The Balaban J connectivity index is 0.000000810. The van der Waals surface area contributed by atoms with Crippen LogP contribution in [0.25, 0.3) is 0 Å². The third-order valence-corrected chi connectivity index (χ3v) is 1.41. The molecule has 0 aliphatic rings. The lowest BCUT2D eigenvalue weighted by Gasteiger charge is -1.94. The monoisotopic (exact) mass is 177 g/mol. The van der Waals surface area contributed by atoms with Gasteiger partial charge in [0.05, 0.1) is 0 Å². The molecule has 0 bridgehead atoms. The second-order valence-corrected chi connectivity index (χ2v) is 2.15. The van der Waals surface area contributed by atoms with E-state index in [0.717, 1.165) is 11.3 Å². The minimum absolute atomic E-state index is 0. The van der Waals surface area contributed by atoms with Crippen molar-refractivity contribution in [2.75, 3.05) is 5.73 Å². The second-order valence-electron chi connectivity index (χ2n) is 1.88. The van der Waals surface area contributed by atoms with E-state index < -0.39 is 0 Å². The first-order chi connectivity index (χ1) is 4.33. The minimum atomic E-state index is 0. The molecular weight excluding hydrogens is 169 g/mol. The van der Waals surface area contributed by atoms with Gasteiger partial charge in [-0.2, -0.15) is 0 Å². The first-order valence-corrected chi connectivity index (χ1v) is 3.27. The Kier molecular flexibility index (Phi) is 4.24. The molecule has 0 fully saturated rings. The van der Waals surface area contributed by atoms with Crippen LogP contribution in [0.4, 0.5) is 5.69 Å². The molecule has 0 saturated carbocycles. The van der Waals surface area contributed by atoms with E-state index in [2.05, 4.69) is 0 Å². The van der Waals surface area contributed by atoms with Crippen LogP contribution in [-0.4, -0.2) is 0 Å². The SMILES string of the molecule is Cl.Nc1cccc(CCl)c1. The predicted molar refractivity (Wildman–Crippen MR) is 47.7 cm³/mol. The molecule has 0 radical (unpaired) electrons. The lowest BCUT2D eigenvalue weighted by Crippen LogP contribution is -1.84. The van der Waals surface area contributed by atoms with Crippen LogP contribution in [0.5, 0.6) is 0 Å². The fraction of sp³-hybridized carbons (Fsp3) is 0.143. The Labute approximate surface area is 71.6 Å². The van der Waals surface area contributed by atoms with Crippen molar-refractivity contribution in [3.8, 4) is 0 Å². The molecule has 56 valence electrons. The molecule has 1 aromatic carbocycles. The van der Waals surface area contributed by atoms with Gasteiger partial charge in [0.2, 0.25) is 0 Å². The van der Waals surface area contributed by atoms with Crippen LogP contribution in [0.2, 0.25) is 0 Å². The van der Waals surface area contributed by atoms with Crippen molar-refractivity contribution in [3.05, 3.63) is 29.8 Å². The molecule has 0 atom stereocenters. The van der Waals surface area contributed by atoms with Crippen molar-refractivity contribution in [3.63, 3.8) is 0 Å². The fourth-order valence-corrected chi connectivity index (χ4v) is 0.842. The summed E-state index contributed by atoms with van der Waals surface area (Å²) in [6.07, 6.45) is 0. The lowest BCUT2D eigenvalue weighted by atomic mass is 10.2. The number of benzene rings is 1. The molecule has 0 aliphatic carbocycles. The van der Waals surface area contributed by atoms with Crippen LogP contribution in [-0.2, 0) is 5.88 Å². The maximum absolute atomic E-state index is 5.54. The molecule has 3 heteroatoms. The van der Waals surface area contributed by atoms with Gasteiger partial charge in [0, 0.05) is 11.6 Å². The molecule has 0 aromatic heterocycles. The van der Waals surface area contributed by atoms with E-state index in [-0.39, 0.29) is 12.4 Å². The van der Waals surface area contributed by atoms with Gasteiger partial charge in [0.15, 0.2) is 0 Å². The summed E-state index contributed by atoms with van der Waals surface area (Å²) in [6.45, 7) is 0. The Morgan fingerprint density at radius 1 is 1.40 bits per heavy atom. The van der Waals surface area contributed by atoms with E-state index >= 15 is 0 Å². The van der Waals surface area contributed by atoms with Crippen molar-refractivity contribution in [1.29, 1.82) is 0 Å². The molecule has 0 amide bonds. The Morgan fingerprint density at radius 3 is 2.50 bits per heavy atom. The third-order valence-electron chi connectivity index (χ3n) is 1.11. The van der Waals surface area contributed by atoms with Gasteiger partial charge in [-0.15, -0.1) is 24.0 Å². The van der Waals surface area contributed by atoms with Crippen LogP contribution in [0.1, 0.15) is 5.56 Å². The molecule has 0 heterocycles. The van der Waals surface area contributed by atoms with Crippen molar-refractivity contribution >= 4 is 29.7 Å². The highest BCUT2D eigenvalue weighted by atomic mass is 35.5. The standard InChI is InChI=1S/C7H8ClN.ClH/c8-5-6-2-1-3-7(9)4-6;/h1-4H,5,9H2;1H. The zero-order valence-electron chi connectivity index (χ0n) is 5.38. The number of hydrogen-bond acceptors (Lipinski definition) is 1. The Morgan fingerprint density at radius 2 is 2.10 bits per heavy atom. The Hall–Kier alpha value is -0.400. The highest BCUT2D eigenvalue weighted by Crippen LogP contribution is 2.07. The van der Waals surface area contributed by atoms with Gasteiger partial charge in [-0.1, -0.05) is 12.1 Å². The quantitative estimate of drug-likeness (QED) is 0.518. The lowest BCUT2D eigenvalue weighted by molar-refractivity contribution is 1.41. The number of hydrogen-bond donors (Lipinski definition) is 1. The van der Waals surface area contributed by atoms with Crippen molar-refractivity contribution in [2.24, 2.45) is 0 Å². The molecule has 10 heavy (non-hydrogen) atoms. The van der Waals surface area contributed by atoms with E-state index in [9.17, 15) is 0 Å². The first kappa shape index (κ1) is 9.60. The number of halogens is 2. The topological polar surface area (TPSA) is 26.0 Å². The average molecular weight is 178 g/mol. The van der Waals surface area contributed by atoms with Crippen LogP contribution in [0, 0.1) is 0 Å². The molecule has 0 aliphatic heterocycles. The number of rotatable bonds is 1. The number of nitrogen functional groups attached to an aromatic ring is 1. The number of anilines is 1.